The molecule has 1 aliphatic heterocycles. The molecule has 33 heavy (non-hydrogen) atoms. The minimum atomic E-state index is -1.59. The van der Waals surface area contributed by atoms with E-state index in [1.54, 1.807) is 24.5 Å². The van der Waals surface area contributed by atoms with Crippen LogP contribution in [-0.2, 0) is 11.2 Å². The molecule has 4 rings (SSSR count). The van der Waals surface area contributed by atoms with Crippen molar-refractivity contribution in [1.29, 1.82) is 5.26 Å². The molecule has 1 atom stereocenters. The van der Waals surface area contributed by atoms with Crippen LogP contribution in [0, 0.1) is 17.2 Å². The van der Waals surface area contributed by atoms with Crippen LogP contribution in [0.1, 0.15) is 24.0 Å². The van der Waals surface area contributed by atoms with E-state index in [2.05, 4.69) is 15.6 Å². The van der Waals surface area contributed by atoms with Gasteiger partial charge in [0, 0.05) is 24.5 Å². The topological polar surface area (TPSA) is 98.0 Å². The Labute approximate surface area is 198 Å². The molecular weight excluding hydrogens is 436 g/mol. The maximum atomic E-state index is 13.4. The van der Waals surface area contributed by atoms with E-state index in [9.17, 15) is 9.90 Å². The molecule has 1 fully saturated rings. The first-order valence-corrected chi connectivity index (χ1v) is 11.3. The summed E-state index contributed by atoms with van der Waals surface area (Å²) in [6.07, 6.45) is 5.13. The lowest BCUT2D eigenvalue weighted by Gasteiger charge is -2.37. The Kier molecular flexibility index (Phi) is 7.05. The van der Waals surface area contributed by atoms with Gasteiger partial charge in [0.15, 0.2) is 0 Å². The fourth-order valence-corrected chi connectivity index (χ4v) is 4.51. The van der Waals surface area contributed by atoms with Gasteiger partial charge in [0.05, 0.1) is 10.6 Å². The van der Waals surface area contributed by atoms with Gasteiger partial charge in [-0.15, -0.1) is 0 Å². The van der Waals surface area contributed by atoms with Crippen molar-refractivity contribution in [1.82, 2.24) is 10.3 Å². The van der Waals surface area contributed by atoms with Gasteiger partial charge in [0.25, 0.3) is 5.91 Å². The number of hydrogen-bond acceptors (Lipinski definition) is 5. The number of nitriles is 1. The molecule has 7 heteroatoms. The number of carbonyl (C=O) groups excluding carboxylic acids is 1. The Bertz CT molecular complexity index is 1160. The fraction of sp³-hybridized carbons (Fsp3) is 0.269. The molecule has 1 aromatic heterocycles. The van der Waals surface area contributed by atoms with Crippen molar-refractivity contribution in [3.8, 4) is 17.2 Å². The van der Waals surface area contributed by atoms with E-state index in [4.69, 9.17) is 16.9 Å². The standard InChI is InChI=1S/C26H25ClN4O2/c27-24-14-23(8-7-20(24)16-28)31-25(32)26(33,22-9-12-29-13-10-22)15-18-3-5-19(6-4-18)21-2-1-11-30-17-21/h1-8,11,14,17,22,29,33H,9-10,12-13,15H2,(H,31,32). The second-order valence-electron chi connectivity index (χ2n) is 8.32. The van der Waals surface area contributed by atoms with E-state index in [1.165, 1.54) is 6.07 Å². The Morgan fingerprint density at radius 3 is 2.58 bits per heavy atom. The minimum Gasteiger partial charge on any atom is -0.379 e. The van der Waals surface area contributed by atoms with Crippen LogP contribution in [0.5, 0.6) is 0 Å². The normalized spacial score (nSPS) is 15.9. The number of anilines is 1. The number of aromatic nitrogens is 1. The average Bonchev–Trinajstić information content (AvgIpc) is 2.85. The van der Waals surface area contributed by atoms with E-state index < -0.39 is 11.5 Å². The number of piperidine rings is 1. The predicted octanol–water partition coefficient (Wildman–Crippen LogP) is 4.19. The van der Waals surface area contributed by atoms with Gasteiger partial charge in [0.2, 0.25) is 0 Å². The summed E-state index contributed by atoms with van der Waals surface area (Å²) in [6, 6.07) is 18.4. The van der Waals surface area contributed by atoms with Crippen molar-refractivity contribution in [2.45, 2.75) is 24.9 Å². The number of pyridine rings is 1. The predicted molar refractivity (Wildman–Crippen MR) is 129 cm³/mol. The Morgan fingerprint density at radius 1 is 1.18 bits per heavy atom. The number of aliphatic hydroxyl groups is 1. The maximum absolute atomic E-state index is 13.4. The summed E-state index contributed by atoms with van der Waals surface area (Å²) < 4.78 is 0. The van der Waals surface area contributed by atoms with Gasteiger partial charge in [-0.3, -0.25) is 9.78 Å². The molecule has 168 valence electrons. The summed E-state index contributed by atoms with van der Waals surface area (Å²) in [6.45, 7) is 1.51. The van der Waals surface area contributed by atoms with Crippen LogP contribution >= 0.6 is 11.6 Å². The van der Waals surface area contributed by atoms with Gasteiger partial charge in [0.1, 0.15) is 11.7 Å². The number of carbonyl (C=O) groups is 1. The molecule has 0 spiro atoms. The molecular formula is C26H25ClN4O2. The lowest BCUT2D eigenvalue weighted by atomic mass is 9.76. The van der Waals surface area contributed by atoms with E-state index >= 15 is 0 Å². The molecule has 3 aromatic rings. The van der Waals surface area contributed by atoms with E-state index in [0.29, 0.717) is 24.1 Å². The number of rotatable bonds is 6. The quantitative estimate of drug-likeness (QED) is 0.512. The number of halogens is 1. The van der Waals surface area contributed by atoms with E-state index in [-0.39, 0.29) is 17.4 Å². The van der Waals surface area contributed by atoms with Crippen molar-refractivity contribution < 1.29 is 9.90 Å². The smallest absolute Gasteiger partial charge is 0.256 e. The van der Waals surface area contributed by atoms with Crippen molar-refractivity contribution >= 4 is 23.2 Å². The molecule has 0 radical (unpaired) electrons. The maximum Gasteiger partial charge on any atom is 0.256 e. The second kappa shape index (κ2) is 10.1. The summed E-state index contributed by atoms with van der Waals surface area (Å²) in [5.41, 5.74) is 2.09. The molecule has 1 unspecified atom stereocenters. The molecule has 0 bridgehead atoms. The number of hydrogen-bond donors (Lipinski definition) is 3. The first-order valence-electron chi connectivity index (χ1n) is 10.9. The highest BCUT2D eigenvalue weighted by Crippen LogP contribution is 2.32. The van der Waals surface area contributed by atoms with Crippen LogP contribution in [0.25, 0.3) is 11.1 Å². The fourth-order valence-electron chi connectivity index (χ4n) is 4.29. The number of nitrogens with one attached hydrogen (secondary N) is 2. The third kappa shape index (κ3) is 5.23. The minimum absolute atomic E-state index is 0.189. The lowest BCUT2D eigenvalue weighted by molar-refractivity contribution is -0.141. The Morgan fingerprint density at radius 2 is 1.94 bits per heavy atom. The summed E-state index contributed by atoms with van der Waals surface area (Å²) in [5.74, 6) is -0.655. The van der Waals surface area contributed by atoms with Crippen LogP contribution < -0.4 is 10.6 Å². The molecule has 1 amide bonds. The van der Waals surface area contributed by atoms with Crippen molar-refractivity contribution in [3.63, 3.8) is 0 Å². The highest BCUT2D eigenvalue weighted by molar-refractivity contribution is 6.32. The van der Waals surface area contributed by atoms with Gasteiger partial charge < -0.3 is 15.7 Å². The molecule has 2 aromatic carbocycles. The zero-order valence-electron chi connectivity index (χ0n) is 18.1. The largest absolute Gasteiger partial charge is 0.379 e. The number of nitrogens with zero attached hydrogens (tertiary/aromatic N) is 2. The van der Waals surface area contributed by atoms with E-state index in [0.717, 1.165) is 29.8 Å². The number of amides is 1. The Hall–Kier alpha value is -3.24. The van der Waals surface area contributed by atoms with Crippen LogP contribution in [0.3, 0.4) is 0 Å². The summed E-state index contributed by atoms with van der Waals surface area (Å²) >= 11 is 6.12. The average molecular weight is 461 g/mol. The van der Waals surface area contributed by atoms with E-state index in [1.807, 2.05) is 42.5 Å². The lowest BCUT2D eigenvalue weighted by Crippen LogP contribution is -2.53. The highest BCUT2D eigenvalue weighted by atomic mass is 35.5. The van der Waals surface area contributed by atoms with Crippen LogP contribution in [0.15, 0.2) is 67.0 Å². The zero-order valence-corrected chi connectivity index (χ0v) is 18.8. The van der Waals surface area contributed by atoms with Crippen LogP contribution in [0.4, 0.5) is 5.69 Å². The molecule has 2 heterocycles. The molecule has 0 aliphatic carbocycles. The van der Waals surface area contributed by atoms with Crippen LogP contribution in [0.2, 0.25) is 5.02 Å². The summed E-state index contributed by atoms with van der Waals surface area (Å²) in [7, 11) is 0. The zero-order chi connectivity index (χ0) is 23.3. The summed E-state index contributed by atoms with van der Waals surface area (Å²) in [5, 5.41) is 27.2. The van der Waals surface area contributed by atoms with Gasteiger partial charge in [-0.05, 0) is 72.8 Å². The monoisotopic (exact) mass is 460 g/mol. The Balaban J connectivity index is 1.58. The first-order chi connectivity index (χ1) is 16.0. The third-order valence-corrected chi connectivity index (χ3v) is 6.49. The molecule has 0 saturated carbocycles. The van der Waals surface area contributed by atoms with Gasteiger partial charge in [-0.2, -0.15) is 5.26 Å². The SMILES string of the molecule is N#Cc1ccc(NC(=O)C(O)(Cc2ccc(-c3cccnc3)cc2)C2CCNCC2)cc1Cl. The number of benzene rings is 2. The molecule has 1 aliphatic rings. The van der Waals surface area contributed by atoms with Crippen molar-refractivity contribution in [2.24, 2.45) is 5.92 Å². The highest BCUT2D eigenvalue weighted by Gasteiger charge is 2.44. The van der Waals surface area contributed by atoms with Crippen molar-refractivity contribution in [2.75, 3.05) is 18.4 Å². The van der Waals surface area contributed by atoms with Gasteiger partial charge >= 0.3 is 0 Å². The van der Waals surface area contributed by atoms with Gasteiger partial charge in [-0.25, -0.2) is 0 Å². The third-order valence-electron chi connectivity index (χ3n) is 6.18. The van der Waals surface area contributed by atoms with Crippen molar-refractivity contribution in [3.05, 3.63) is 83.1 Å². The summed E-state index contributed by atoms with van der Waals surface area (Å²) in [4.78, 5) is 17.6. The molecule has 1 saturated heterocycles. The van der Waals surface area contributed by atoms with Gasteiger partial charge in [-0.1, -0.05) is 41.9 Å². The second-order valence-corrected chi connectivity index (χ2v) is 8.73. The van der Waals surface area contributed by atoms with Crippen LogP contribution in [-0.4, -0.2) is 34.7 Å². The first kappa shape index (κ1) is 22.9. The molecule has 3 N–H and O–H groups in total. The molecule has 6 nitrogen and oxygen atoms in total.